The van der Waals surface area contributed by atoms with Crippen LogP contribution in [0.2, 0.25) is 0 Å². The average molecular weight is 318 g/mol. The molecule has 0 bridgehead atoms. The standard InChI is InChI=1S/C21H35NO/c1-7-21(5,6)20-11-9-8-10-19(20)12-16(2)13-22-14-17(3)23-18(4)15-22/h8-11,16-18H,7,12-15H2,1-6H3. The molecule has 2 heteroatoms. The van der Waals surface area contributed by atoms with Gasteiger partial charge in [-0.05, 0) is 49.1 Å². The fourth-order valence-electron chi connectivity index (χ4n) is 3.86. The van der Waals surface area contributed by atoms with Crippen LogP contribution in [0.5, 0.6) is 0 Å². The highest BCUT2D eigenvalue weighted by Gasteiger charge is 2.25. The number of benzene rings is 1. The molecule has 0 aliphatic carbocycles. The summed E-state index contributed by atoms with van der Waals surface area (Å²) < 4.78 is 5.85. The number of nitrogens with zero attached hydrogens (tertiary/aromatic N) is 1. The van der Waals surface area contributed by atoms with E-state index in [9.17, 15) is 0 Å². The summed E-state index contributed by atoms with van der Waals surface area (Å²) in [6, 6.07) is 9.03. The van der Waals surface area contributed by atoms with Crippen molar-refractivity contribution in [3.05, 3.63) is 35.4 Å². The minimum atomic E-state index is 0.262. The van der Waals surface area contributed by atoms with Gasteiger partial charge in [-0.15, -0.1) is 0 Å². The highest BCUT2D eigenvalue weighted by molar-refractivity contribution is 5.33. The van der Waals surface area contributed by atoms with Crippen LogP contribution >= 0.6 is 0 Å². The molecule has 0 N–H and O–H groups in total. The topological polar surface area (TPSA) is 12.5 Å². The highest BCUT2D eigenvalue weighted by atomic mass is 16.5. The minimum absolute atomic E-state index is 0.262. The molecule has 3 unspecified atom stereocenters. The van der Waals surface area contributed by atoms with Gasteiger partial charge < -0.3 is 4.74 Å². The summed E-state index contributed by atoms with van der Waals surface area (Å²) in [6.07, 6.45) is 3.06. The molecule has 2 nitrogen and oxygen atoms in total. The van der Waals surface area contributed by atoms with Gasteiger partial charge in [0, 0.05) is 19.6 Å². The molecule has 23 heavy (non-hydrogen) atoms. The number of morpholine rings is 1. The maximum atomic E-state index is 5.85. The van der Waals surface area contributed by atoms with Crippen molar-refractivity contribution < 1.29 is 4.74 Å². The average Bonchev–Trinajstić information content (AvgIpc) is 2.46. The lowest BCUT2D eigenvalue weighted by molar-refractivity contribution is -0.0709. The zero-order valence-corrected chi connectivity index (χ0v) is 15.9. The molecule has 3 atom stereocenters. The Morgan fingerprint density at radius 3 is 2.39 bits per heavy atom. The van der Waals surface area contributed by atoms with Crippen LogP contribution in [-0.2, 0) is 16.6 Å². The Morgan fingerprint density at radius 2 is 1.78 bits per heavy atom. The van der Waals surface area contributed by atoms with Crippen LogP contribution in [0, 0.1) is 5.92 Å². The Kier molecular flexibility index (Phi) is 6.27. The lowest BCUT2D eigenvalue weighted by Gasteiger charge is -2.37. The molecule has 1 fully saturated rings. The summed E-state index contributed by atoms with van der Waals surface area (Å²) in [4.78, 5) is 2.58. The van der Waals surface area contributed by atoms with E-state index in [-0.39, 0.29) is 5.41 Å². The quantitative estimate of drug-likeness (QED) is 0.756. The molecule has 0 spiro atoms. The molecule has 1 aliphatic rings. The molecule has 1 heterocycles. The van der Waals surface area contributed by atoms with Crippen LogP contribution in [-0.4, -0.2) is 36.7 Å². The Hall–Kier alpha value is -0.860. The summed E-state index contributed by atoms with van der Waals surface area (Å²) in [5, 5.41) is 0. The summed E-state index contributed by atoms with van der Waals surface area (Å²) in [5.41, 5.74) is 3.32. The van der Waals surface area contributed by atoms with Crippen LogP contribution in [0.15, 0.2) is 24.3 Å². The largest absolute Gasteiger partial charge is 0.373 e. The van der Waals surface area contributed by atoms with Gasteiger partial charge in [0.05, 0.1) is 12.2 Å². The Balaban J connectivity index is 2.02. The molecule has 0 amide bonds. The predicted molar refractivity (Wildman–Crippen MR) is 99.1 cm³/mol. The van der Waals surface area contributed by atoms with Gasteiger partial charge in [0.1, 0.15) is 0 Å². The maximum absolute atomic E-state index is 5.85. The molecule has 1 saturated heterocycles. The van der Waals surface area contributed by atoms with Crippen LogP contribution in [0.1, 0.15) is 59.1 Å². The summed E-state index contributed by atoms with van der Waals surface area (Å²) in [6.45, 7) is 17.1. The SMILES string of the molecule is CCC(C)(C)c1ccccc1CC(C)CN1CC(C)OC(C)C1. The summed E-state index contributed by atoms with van der Waals surface area (Å²) in [5.74, 6) is 0.668. The van der Waals surface area contributed by atoms with Gasteiger partial charge >= 0.3 is 0 Å². The van der Waals surface area contributed by atoms with Crippen molar-refractivity contribution in [2.45, 2.75) is 72.0 Å². The summed E-state index contributed by atoms with van der Waals surface area (Å²) in [7, 11) is 0. The van der Waals surface area contributed by atoms with E-state index in [1.54, 1.807) is 0 Å². The van der Waals surface area contributed by atoms with Crippen LogP contribution in [0.3, 0.4) is 0 Å². The second-order valence-corrected chi connectivity index (χ2v) is 8.18. The number of rotatable bonds is 6. The van der Waals surface area contributed by atoms with Gasteiger partial charge in [-0.1, -0.05) is 52.0 Å². The van der Waals surface area contributed by atoms with E-state index in [1.807, 2.05) is 0 Å². The molecule has 0 saturated carbocycles. The first kappa shape index (κ1) is 18.5. The van der Waals surface area contributed by atoms with E-state index in [0.29, 0.717) is 18.1 Å². The first-order valence-electron chi connectivity index (χ1n) is 9.28. The van der Waals surface area contributed by atoms with E-state index < -0.39 is 0 Å². The van der Waals surface area contributed by atoms with Gasteiger partial charge in [0.2, 0.25) is 0 Å². The van der Waals surface area contributed by atoms with Gasteiger partial charge in [-0.2, -0.15) is 0 Å². The fourth-order valence-corrected chi connectivity index (χ4v) is 3.86. The van der Waals surface area contributed by atoms with Crippen molar-refractivity contribution in [3.8, 4) is 0 Å². The third-order valence-electron chi connectivity index (χ3n) is 5.26. The molecule has 0 aromatic heterocycles. The fraction of sp³-hybridized carbons (Fsp3) is 0.714. The van der Waals surface area contributed by atoms with Crippen molar-refractivity contribution in [2.75, 3.05) is 19.6 Å². The smallest absolute Gasteiger partial charge is 0.0678 e. The van der Waals surface area contributed by atoms with Gasteiger partial charge in [0.25, 0.3) is 0 Å². The molecule has 1 aliphatic heterocycles. The molecular formula is C21H35NO. The lowest BCUT2D eigenvalue weighted by Crippen LogP contribution is -2.47. The van der Waals surface area contributed by atoms with Crippen molar-refractivity contribution in [2.24, 2.45) is 5.92 Å². The molecular weight excluding hydrogens is 282 g/mol. The van der Waals surface area contributed by atoms with Crippen LogP contribution in [0.25, 0.3) is 0 Å². The second-order valence-electron chi connectivity index (χ2n) is 8.18. The van der Waals surface area contributed by atoms with E-state index in [1.165, 1.54) is 30.5 Å². The Labute approximate surface area is 143 Å². The maximum Gasteiger partial charge on any atom is 0.0678 e. The van der Waals surface area contributed by atoms with E-state index >= 15 is 0 Å². The third-order valence-corrected chi connectivity index (χ3v) is 5.26. The second kappa shape index (κ2) is 7.81. The van der Waals surface area contributed by atoms with Crippen molar-refractivity contribution in [1.82, 2.24) is 4.90 Å². The molecule has 130 valence electrons. The molecule has 2 rings (SSSR count). The molecule has 0 radical (unpaired) electrons. The predicted octanol–water partition coefficient (Wildman–Crippen LogP) is 4.66. The lowest BCUT2D eigenvalue weighted by atomic mass is 9.78. The van der Waals surface area contributed by atoms with E-state index in [4.69, 9.17) is 4.74 Å². The monoisotopic (exact) mass is 317 g/mol. The zero-order valence-electron chi connectivity index (χ0n) is 15.9. The van der Waals surface area contributed by atoms with Crippen molar-refractivity contribution in [1.29, 1.82) is 0 Å². The number of ether oxygens (including phenoxy) is 1. The minimum Gasteiger partial charge on any atom is -0.373 e. The van der Waals surface area contributed by atoms with Crippen molar-refractivity contribution in [3.63, 3.8) is 0 Å². The normalized spacial score (nSPS) is 24.6. The first-order valence-corrected chi connectivity index (χ1v) is 9.28. The Bertz CT molecular complexity index is 486. The van der Waals surface area contributed by atoms with E-state index in [2.05, 4.69) is 70.7 Å². The van der Waals surface area contributed by atoms with Gasteiger partial charge in [0.15, 0.2) is 0 Å². The third kappa shape index (κ3) is 5.06. The van der Waals surface area contributed by atoms with Gasteiger partial charge in [-0.3, -0.25) is 4.90 Å². The number of hydrogen-bond donors (Lipinski definition) is 0. The van der Waals surface area contributed by atoms with Crippen LogP contribution in [0.4, 0.5) is 0 Å². The van der Waals surface area contributed by atoms with E-state index in [0.717, 1.165) is 13.1 Å². The Morgan fingerprint density at radius 1 is 1.17 bits per heavy atom. The van der Waals surface area contributed by atoms with Crippen molar-refractivity contribution >= 4 is 0 Å². The van der Waals surface area contributed by atoms with Crippen LogP contribution < -0.4 is 0 Å². The zero-order chi connectivity index (χ0) is 17.0. The molecule has 1 aromatic rings. The molecule has 1 aromatic carbocycles. The number of hydrogen-bond acceptors (Lipinski definition) is 2. The van der Waals surface area contributed by atoms with Gasteiger partial charge in [-0.25, -0.2) is 0 Å². The summed E-state index contributed by atoms with van der Waals surface area (Å²) >= 11 is 0. The first-order chi connectivity index (χ1) is 10.8. The highest BCUT2D eigenvalue weighted by Crippen LogP contribution is 2.31.